The van der Waals surface area contributed by atoms with Gasteiger partial charge in [-0.15, -0.1) is 0 Å². The molecule has 0 fully saturated rings. The number of aliphatic hydroxyl groups excluding tert-OH is 1. The average molecular weight is 302 g/mol. The summed E-state index contributed by atoms with van der Waals surface area (Å²) >= 11 is 0. The first kappa shape index (κ1) is 16.1. The first-order chi connectivity index (χ1) is 10.5. The topological polar surface area (TPSA) is 76.6 Å². The van der Waals surface area contributed by atoms with Crippen molar-refractivity contribution in [1.82, 2.24) is 4.98 Å². The van der Waals surface area contributed by atoms with Gasteiger partial charge in [0.05, 0.1) is 17.9 Å². The molecular weight excluding hydrogens is 280 g/mol. The molecule has 0 aliphatic heterocycles. The highest BCUT2D eigenvalue weighted by atomic mass is 16.3. The van der Waals surface area contributed by atoms with Crippen LogP contribution in [0.5, 0.6) is 5.75 Å². The molecule has 1 heterocycles. The molecule has 22 heavy (non-hydrogen) atoms. The van der Waals surface area contributed by atoms with E-state index in [4.69, 9.17) is 5.11 Å². The number of likely N-dealkylation sites (N-methyl/N-ethyl adjacent to an activating group) is 1. The predicted molar refractivity (Wildman–Crippen MR) is 88.6 cm³/mol. The van der Waals surface area contributed by atoms with Crippen LogP contribution in [0, 0.1) is 6.92 Å². The summed E-state index contributed by atoms with van der Waals surface area (Å²) in [5, 5.41) is 19.2. The molecule has 0 saturated carbocycles. The Balaban J connectivity index is 2.47. The molecule has 0 amide bonds. The minimum absolute atomic E-state index is 0.0720. The number of nitrogens with one attached hydrogen (secondary N) is 1. The second kappa shape index (κ2) is 6.66. The van der Waals surface area contributed by atoms with Crippen molar-refractivity contribution >= 4 is 5.69 Å². The Kier molecular flexibility index (Phi) is 4.88. The highest BCUT2D eigenvalue weighted by molar-refractivity contribution is 5.68. The number of H-pyrrole nitrogens is 1. The zero-order valence-electron chi connectivity index (χ0n) is 13.2. The van der Waals surface area contributed by atoms with Crippen LogP contribution in [0.4, 0.5) is 5.69 Å². The SMILES string of the molecule is CCc1c(-c2ccc(N(C)CCO)cc2)[nH]c(=O)c(C)c1O. The number of aromatic hydroxyl groups is 1. The molecule has 0 unspecified atom stereocenters. The number of aromatic nitrogens is 1. The maximum atomic E-state index is 11.9. The van der Waals surface area contributed by atoms with E-state index >= 15 is 0 Å². The Hall–Kier alpha value is -2.27. The lowest BCUT2D eigenvalue weighted by molar-refractivity contribution is 0.304. The summed E-state index contributed by atoms with van der Waals surface area (Å²) in [7, 11) is 1.91. The van der Waals surface area contributed by atoms with Gasteiger partial charge in [0.2, 0.25) is 0 Å². The summed E-state index contributed by atoms with van der Waals surface area (Å²) in [6.07, 6.45) is 0.630. The number of nitrogens with zero attached hydrogens (tertiary/aromatic N) is 1. The van der Waals surface area contributed by atoms with Crippen molar-refractivity contribution in [2.75, 3.05) is 25.1 Å². The Morgan fingerprint density at radius 3 is 2.41 bits per heavy atom. The van der Waals surface area contributed by atoms with Gasteiger partial charge in [0, 0.05) is 24.8 Å². The van der Waals surface area contributed by atoms with Gasteiger partial charge in [-0.05, 0) is 31.0 Å². The van der Waals surface area contributed by atoms with Gasteiger partial charge in [-0.3, -0.25) is 4.79 Å². The van der Waals surface area contributed by atoms with E-state index in [0.29, 0.717) is 24.2 Å². The molecule has 0 bridgehead atoms. The molecule has 0 atom stereocenters. The molecule has 0 radical (unpaired) electrons. The highest BCUT2D eigenvalue weighted by Gasteiger charge is 2.14. The molecule has 1 aromatic heterocycles. The van der Waals surface area contributed by atoms with Crippen molar-refractivity contribution in [3.05, 3.63) is 45.7 Å². The normalized spacial score (nSPS) is 10.7. The van der Waals surface area contributed by atoms with Crippen LogP contribution >= 0.6 is 0 Å². The quantitative estimate of drug-likeness (QED) is 0.790. The lowest BCUT2D eigenvalue weighted by atomic mass is 10.0. The van der Waals surface area contributed by atoms with Crippen molar-refractivity contribution in [3.8, 4) is 17.0 Å². The van der Waals surface area contributed by atoms with Crippen LogP contribution in [0.1, 0.15) is 18.1 Å². The molecule has 5 heteroatoms. The van der Waals surface area contributed by atoms with Crippen LogP contribution in [0.25, 0.3) is 11.3 Å². The van der Waals surface area contributed by atoms with E-state index in [9.17, 15) is 9.90 Å². The molecule has 2 aromatic rings. The minimum Gasteiger partial charge on any atom is -0.507 e. The molecule has 0 saturated heterocycles. The maximum Gasteiger partial charge on any atom is 0.255 e. The van der Waals surface area contributed by atoms with Crippen molar-refractivity contribution in [3.63, 3.8) is 0 Å². The number of rotatable bonds is 5. The molecule has 5 nitrogen and oxygen atoms in total. The molecule has 0 aliphatic carbocycles. The lowest BCUT2D eigenvalue weighted by Crippen LogP contribution is -2.20. The second-order valence-corrected chi connectivity index (χ2v) is 5.33. The van der Waals surface area contributed by atoms with Crippen LogP contribution in [0.2, 0.25) is 0 Å². The molecule has 118 valence electrons. The van der Waals surface area contributed by atoms with E-state index < -0.39 is 0 Å². The highest BCUT2D eigenvalue weighted by Crippen LogP contribution is 2.30. The monoisotopic (exact) mass is 302 g/mol. The van der Waals surface area contributed by atoms with Crippen LogP contribution in [-0.2, 0) is 6.42 Å². The number of anilines is 1. The second-order valence-electron chi connectivity index (χ2n) is 5.33. The third-order valence-corrected chi connectivity index (χ3v) is 3.91. The number of hydrogen-bond donors (Lipinski definition) is 3. The first-order valence-corrected chi connectivity index (χ1v) is 7.36. The van der Waals surface area contributed by atoms with Gasteiger partial charge in [-0.2, -0.15) is 0 Å². The fourth-order valence-corrected chi connectivity index (χ4v) is 2.49. The number of benzene rings is 1. The van der Waals surface area contributed by atoms with Crippen LogP contribution < -0.4 is 10.5 Å². The van der Waals surface area contributed by atoms with Crippen molar-refractivity contribution in [2.24, 2.45) is 0 Å². The number of pyridine rings is 1. The fourth-order valence-electron chi connectivity index (χ4n) is 2.49. The number of hydrogen-bond acceptors (Lipinski definition) is 4. The Bertz CT molecular complexity index is 705. The molecule has 0 aliphatic rings. The third-order valence-electron chi connectivity index (χ3n) is 3.91. The first-order valence-electron chi connectivity index (χ1n) is 7.36. The van der Waals surface area contributed by atoms with Gasteiger partial charge in [0.15, 0.2) is 0 Å². The van der Waals surface area contributed by atoms with E-state index in [2.05, 4.69) is 4.98 Å². The van der Waals surface area contributed by atoms with E-state index in [1.54, 1.807) is 6.92 Å². The van der Waals surface area contributed by atoms with Crippen LogP contribution in [0.3, 0.4) is 0 Å². The zero-order chi connectivity index (χ0) is 16.3. The predicted octanol–water partition coefficient (Wildman–Crippen LogP) is 2.05. The minimum atomic E-state index is -0.272. The molecule has 2 rings (SSSR count). The summed E-state index contributed by atoms with van der Waals surface area (Å²) in [5.41, 5.74) is 3.31. The summed E-state index contributed by atoms with van der Waals surface area (Å²) in [5.74, 6) is 0.0720. The Morgan fingerprint density at radius 2 is 1.86 bits per heavy atom. The van der Waals surface area contributed by atoms with Gasteiger partial charge in [0.25, 0.3) is 5.56 Å². The standard InChI is InChI=1S/C17H22N2O3/c1-4-14-15(18-17(22)11(2)16(14)21)12-5-7-13(8-6-12)19(3)9-10-20/h5-8,20H,4,9-10H2,1-3H3,(H2,18,21,22). The molecular formula is C17H22N2O3. The van der Waals surface area contributed by atoms with Crippen LogP contribution in [0.15, 0.2) is 29.1 Å². The molecule has 1 aromatic carbocycles. The summed E-state index contributed by atoms with van der Waals surface area (Å²) in [4.78, 5) is 16.7. The van der Waals surface area contributed by atoms with E-state index in [1.165, 1.54) is 0 Å². The van der Waals surface area contributed by atoms with E-state index in [1.807, 2.05) is 43.1 Å². The average Bonchev–Trinajstić information content (AvgIpc) is 2.53. The molecule has 3 N–H and O–H groups in total. The van der Waals surface area contributed by atoms with Crippen molar-refractivity contribution in [1.29, 1.82) is 0 Å². The van der Waals surface area contributed by atoms with Crippen molar-refractivity contribution in [2.45, 2.75) is 20.3 Å². The fraction of sp³-hybridized carbons (Fsp3) is 0.353. The van der Waals surface area contributed by atoms with Gasteiger partial charge < -0.3 is 20.1 Å². The van der Waals surface area contributed by atoms with Gasteiger partial charge >= 0.3 is 0 Å². The summed E-state index contributed by atoms with van der Waals surface area (Å²) in [6.45, 7) is 4.21. The number of aromatic amines is 1. The summed E-state index contributed by atoms with van der Waals surface area (Å²) < 4.78 is 0. The Labute approximate surface area is 129 Å². The van der Waals surface area contributed by atoms with Gasteiger partial charge in [0.1, 0.15) is 5.75 Å². The smallest absolute Gasteiger partial charge is 0.255 e. The molecule has 0 spiro atoms. The van der Waals surface area contributed by atoms with Crippen LogP contribution in [-0.4, -0.2) is 35.4 Å². The van der Waals surface area contributed by atoms with Crippen molar-refractivity contribution < 1.29 is 10.2 Å². The zero-order valence-corrected chi connectivity index (χ0v) is 13.2. The largest absolute Gasteiger partial charge is 0.507 e. The van der Waals surface area contributed by atoms with Gasteiger partial charge in [-0.25, -0.2) is 0 Å². The lowest BCUT2D eigenvalue weighted by Gasteiger charge is -2.18. The van der Waals surface area contributed by atoms with E-state index in [0.717, 1.165) is 16.8 Å². The Morgan fingerprint density at radius 1 is 1.23 bits per heavy atom. The van der Waals surface area contributed by atoms with Gasteiger partial charge in [-0.1, -0.05) is 19.1 Å². The number of aliphatic hydroxyl groups is 1. The van der Waals surface area contributed by atoms with E-state index in [-0.39, 0.29) is 17.9 Å². The maximum absolute atomic E-state index is 11.9. The third kappa shape index (κ3) is 2.99. The summed E-state index contributed by atoms with van der Waals surface area (Å²) in [6, 6.07) is 7.67.